The van der Waals surface area contributed by atoms with E-state index in [1.165, 1.54) is 21.6 Å². The molecule has 1 N–H and O–H groups in total. The maximum Gasteiger partial charge on any atom is 0.246 e. The minimum absolute atomic E-state index is 0.160. The molecule has 0 heterocycles. The summed E-state index contributed by atoms with van der Waals surface area (Å²) < 4.78 is 12.5. The van der Waals surface area contributed by atoms with Crippen molar-refractivity contribution in [3.05, 3.63) is 48.5 Å². The summed E-state index contributed by atoms with van der Waals surface area (Å²) >= 11 is 4.91. The SMILES string of the molecule is CCSc1ccc(Sc2ccc(SCC(=O)NN(C)F)cc2)cc1. The van der Waals surface area contributed by atoms with Crippen molar-refractivity contribution in [2.45, 2.75) is 26.5 Å². The molecule has 3 nitrogen and oxygen atoms in total. The van der Waals surface area contributed by atoms with E-state index in [-0.39, 0.29) is 16.9 Å². The van der Waals surface area contributed by atoms with E-state index in [1.807, 2.05) is 36.0 Å². The summed E-state index contributed by atoms with van der Waals surface area (Å²) in [7, 11) is 1.14. The molecule has 0 fully saturated rings. The number of rotatable bonds is 8. The molecule has 2 aromatic carbocycles. The maximum atomic E-state index is 12.5. The maximum absolute atomic E-state index is 12.5. The van der Waals surface area contributed by atoms with E-state index in [4.69, 9.17) is 0 Å². The van der Waals surface area contributed by atoms with Gasteiger partial charge in [0.05, 0.1) is 5.75 Å². The first-order valence-electron chi connectivity index (χ1n) is 7.39. The molecular formula is C17H19FN2OS3. The van der Waals surface area contributed by atoms with Gasteiger partial charge in [-0.05, 0) is 54.3 Å². The van der Waals surface area contributed by atoms with Crippen molar-refractivity contribution in [2.24, 2.45) is 0 Å². The largest absolute Gasteiger partial charge is 0.273 e. The molecule has 0 unspecified atom stereocenters. The first kappa shape index (κ1) is 19.2. The van der Waals surface area contributed by atoms with Crippen molar-refractivity contribution in [3.8, 4) is 0 Å². The number of benzene rings is 2. The number of amides is 1. The Bertz CT molecular complexity index is 648. The Morgan fingerprint density at radius 2 is 1.42 bits per heavy atom. The normalized spacial score (nSPS) is 10.8. The summed E-state index contributed by atoms with van der Waals surface area (Å²) in [6.07, 6.45) is 0. The lowest BCUT2D eigenvalue weighted by Gasteiger charge is -2.07. The van der Waals surface area contributed by atoms with Gasteiger partial charge in [0.2, 0.25) is 5.91 Å². The van der Waals surface area contributed by atoms with Crippen LogP contribution in [0.4, 0.5) is 4.48 Å². The Morgan fingerprint density at radius 3 is 1.88 bits per heavy atom. The Balaban J connectivity index is 1.86. The second-order valence-corrected chi connectivity index (χ2v) is 8.31. The smallest absolute Gasteiger partial charge is 0.246 e. The number of hydrazine groups is 1. The van der Waals surface area contributed by atoms with Gasteiger partial charge in [-0.3, -0.25) is 10.2 Å². The molecule has 0 saturated heterocycles. The van der Waals surface area contributed by atoms with Crippen LogP contribution in [0, 0.1) is 0 Å². The van der Waals surface area contributed by atoms with E-state index in [9.17, 15) is 9.28 Å². The van der Waals surface area contributed by atoms with Crippen LogP contribution in [0.25, 0.3) is 0 Å². The van der Waals surface area contributed by atoms with Crippen LogP contribution in [0.2, 0.25) is 0 Å². The predicted octanol–water partition coefficient (Wildman–Crippen LogP) is 4.89. The number of carbonyl (C=O) groups is 1. The minimum Gasteiger partial charge on any atom is -0.273 e. The van der Waals surface area contributed by atoms with Crippen LogP contribution in [0.5, 0.6) is 0 Å². The molecule has 7 heteroatoms. The molecule has 0 radical (unpaired) electrons. The van der Waals surface area contributed by atoms with Crippen molar-refractivity contribution in [1.82, 2.24) is 10.7 Å². The number of hydrogen-bond acceptors (Lipinski definition) is 5. The quantitative estimate of drug-likeness (QED) is 0.399. The van der Waals surface area contributed by atoms with E-state index in [0.29, 0.717) is 0 Å². The van der Waals surface area contributed by atoms with Gasteiger partial charge in [0, 0.05) is 26.6 Å². The highest BCUT2D eigenvalue weighted by Crippen LogP contribution is 2.31. The topological polar surface area (TPSA) is 32.3 Å². The fraction of sp³-hybridized carbons (Fsp3) is 0.235. The molecule has 2 rings (SSSR count). The van der Waals surface area contributed by atoms with Crippen LogP contribution in [0.3, 0.4) is 0 Å². The van der Waals surface area contributed by atoms with Gasteiger partial charge in [0.1, 0.15) is 0 Å². The Labute approximate surface area is 154 Å². The van der Waals surface area contributed by atoms with Crippen molar-refractivity contribution in [1.29, 1.82) is 0 Å². The number of nitrogens with one attached hydrogen (secondary N) is 1. The first-order valence-corrected chi connectivity index (χ1v) is 10.2. The summed E-state index contributed by atoms with van der Waals surface area (Å²) in [6.45, 7) is 2.15. The van der Waals surface area contributed by atoms with Crippen LogP contribution in [-0.4, -0.2) is 29.7 Å². The summed E-state index contributed by atoms with van der Waals surface area (Å²) in [5.41, 5.74) is 2.07. The average Bonchev–Trinajstić information content (AvgIpc) is 2.56. The zero-order valence-corrected chi connectivity index (χ0v) is 15.9. The van der Waals surface area contributed by atoms with Crippen LogP contribution >= 0.6 is 35.3 Å². The zero-order valence-electron chi connectivity index (χ0n) is 13.5. The molecule has 0 aliphatic heterocycles. The third kappa shape index (κ3) is 6.76. The number of thioether (sulfide) groups is 2. The molecule has 0 aromatic heterocycles. The van der Waals surface area contributed by atoms with Crippen LogP contribution in [0.1, 0.15) is 6.92 Å². The predicted molar refractivity (Wildman–Crippen MR) is 101 cm³/mol. The summed E-state index contributed by atoms with van der Waals surface area (Å²) in [6, 6.07) is 16.5. The average molecular weight is 383 g/mol. The van der Waals surface area contributed by atoms with Crippen molar-refractivity contribution < 1.29 is 9.28 Å². The number of hydrogen-bond donors (Lipinski definition) is 1. The molecule has 24 heavy (non-hydrogen) atoms. The second-order valence-electron chi connectivity index (χ2n) is 4.78. The number of carbonyl (C=O) groups excluding carboxylic acids is 1. The number of nitrogens with zero attached hydrogens (tertiary/aromatic N) is 1. The molecule has 128 valence electrons. The molecule has 0 spiro atoms. The van der Waals surface area contributed by atoms with Gasteiger partial charge in [0.25, 0.3) is 0 Å². The van der Waals surface area contributed by atoms with Crippen molar-refractivity contribution in [2.75, 3.05) is 18.6 Å². The second kappa shape index (κ2) is 9.98. The Hall–Kier alpha value is -1.15. The first-order chi connectivity index (χ1) is 11.6. The van der Waals surface area contributed by atoms with Crippen molar-refractivity contribution in [3.63, 3.8) is 0 Å². The molecule has 0 bridgehead atoms. The van der Waals surface area contributed by atoms with Crippen LogP contribution < -0.4 is 5.43 Å². The van der Waals surface area contributed by atoms with Gasteiger partial charge < -0.3 is 0 Å². The molecule has 0 saturated carbocycles. The van der Waals surface area contributed by atoms with E-state index >= 15 is 0 Å². The summed E-state index contributed by atoms with van der Waals surface area (Å²) in [5, 5.41) is 0.160. The minimum atomic E-state index is -0.367. The van der Waals surface area contributed by atoms with Gasteiger partial charge in [0.15, 0.2) is 0 Å². The van der Waals surface area contributed by atoms with Crippen molar-refractivity contribution >= 4 is 41.2 Å². The van der Waals surface area contributed by atoms with E-state index < -0.39 is 0 Å². The van der Waals surface area contributed by atoms with Crippen LogP contribution in [0.15, 0.2) is 68.1 Å². The third-order valence-corrected chi connectivity index (χ3v) is 5.76. The Morgan fingerprint density at radius 1 is 0.958 bits per heavy atom. The molecule has 0 aliphatic carbocycles. The highest BCUT2D eigenvalue weighted by atomic mass is 32.2. The molecule has 0 atom stereocenters. The van der Waals surface area contributed by atoms with Gasteiger partial charge in [-0.25, -0.2) is 0 Å². The van der Waals surface area contributed by atoms with Gasteiger partial charge >= 0.3 is 0 Å². The fourth-order valence-corrected chi connectivity index (χ4v) is 4.03. The monoisotopic (exact) mass is 382 g/mol. The summed E-state index contributed by atoms with van der Waals surface area (Å²) in [4.78, 5) is 16.0. The molecule has 1 amide bonds. The highest BCUT2D eigenvalue weighted by Gasteiger charge is 2.05. The lowest BCUT2D eigenvalue weighted by Crippen LogP contribution is -2.34. The number of halogens is 1. The van der Waals surface area contributed by atoms with Crippen LogP contribution in [-0.2, 0) is 4.79 Å². The zero-order chi connectivity index (χ0) is 17.4. The van der Waals surface area contributed by atoms with Gasteiger partial charge in [-0.15, -0.1) is 28.0 Å². The van der Waals surface area contributed by atoms with E-state index in [2.05, 4.69) is 36.6 Å². The third-order valence-electron chi connectivity index (χ3n) is 2.84. The fourth-order valence-electron chi connectivity index (χ4n) is 1.86. The highest BCUT2D eigenvalue weighted by molar-refractivity contribution is 8.00. The summed E-state index contributed by atoms with van der Waals surface area (Å²) in [5.74, 6) is 0.885. The van der Waals surface area contributed by atoms with E-state index in [1.54, 1.807) is 11.8 Å². The molecular weight excluding hydrogens is 363 g/mol. The Kier molecular flexibility index (Phi) is 7.98. The van der Waals surface area contributed by atoms with E-state index in [0.717, 1.165) is 22.6 Å². The molecule has 2 aromatic rings. The molecule has 0 aliphatic rings. The standard InChI is InChI=1S/C17H19FN2OS3/c1-3-22-13-4-8-15(9-5-13)24-16-10-6-14(7-11-16)23-12-17(21)19-20(2)18/h4-11H,3,12H2,1-2H3,(H,19,21). The lowest BCUT2D eigenvalue weighted by atomic mass is 10.4. The van der Waals surface area contributed by atoms with Gasteiger partial charge in [-0.1, -0.05) is 23.9 Å². The van der Waals surface area contributed by atoms with Gasteiger partial charge in [-0.2, -0.15) is 0 Å². The lowest BCUT2D eigenvalue weighted by molar-refractivity contribution is -0.130.